The van der Waals surface area contributed by atoms with E-state index in [1.54, 1.807) is 0 Å². The van der Waals surface area contributed by atoms with E-state index in [2.05, 4.69) is 5.32 Å². The topological polar surface area (TPSA) is 64.3 Å². The number of ether oxygens (including phenoxy) is 1. The van der Waals surface area contributed by atoms with Crippen molar-refractivity contribution >= 4 is 6.09 Å². The van der Waals surface area contributed by atoms with Crippen molar-refractivity contribution in [1.82, 2.24) is 5.32 Å². The van der Waals surface area contributed by atoms with Gasteiger partial charge in [0.1, 0.15) is 5.60 Å². The SMILES string of the molecule is CC(C)(C)OC(=O)NC1(C(N)C2CCCC2)CC1. The summed E-state index contributed by atoms with van der Waals surface area (Å²) in [5.74, 6) is 0.572. The number of hydrogen-bond donors (Lipinski definition) is 2. The molecule has 104 valence electrons. The molecule has 18 heavy (non-hydrogen) atoms. The molecule has 2 saturated carbocycles. The van der Waals surface area contributed by atoms with Crippen LogP contribution < -0.4 is 11.1 Å². The minimum Gasteiger partial charge on any atom is -0.444 e. The Morgan fingerprint density at radius 3 is 2.33 bits per heavy atom. The maximum absolute atomic E-state index is 11.8. The Kier molecular flexibility index (Phi) is 3.58. The standard InChI is InChI=1S/C14H26N2O2/c1-13(2,3)18-12(17)16-14(8-9-14)11(15)10-6-4-5-7-10/h10-11H,4-9,15H2,1-3H3,(H,16,17). The van der Waals surface area contributed by atoms with Gasteiger partial charge in [0, 0.05) is 6.04 Å². The molecule has 0 radical (unpaired) electrons. The van der Waals surface area contributed by atoms with Crippen LogP contribution in [0, 0.1) is 5.92 Å². The number of carbonyl (C=O) groups is 1. The number of carbonyl (C=O) groups excluding carboxylic acids is 1. The van der Waals surface area contributed by atoms with Crippen molar-refractivity contribution in [3.8, 4) is 0 Å². The maximum Gasteiger partial charge on any atom is 0.408 e. The fourth-order valence-corrected chi connectivity index (χ4v) is 2.95. The number of nitrogens with two attached hydrogens (primary N) is 1. The van der Waals surface area contributed by atoms with Gasteiger partial charge in [-0.25, -0.2) is 4.79 Å². The third-order valence-electron chi connectivity index (χ3n) is 4.08. The first-order valence-corrected chi connectivity index (χ1v) is 7.09. The fourth-order valence-electron chi connectivity index (χ4n) is 2.95. The summed E-state index contributed by atoms with van der Waals surface area (Å²) in [5.41, 5.74) is 5.73. The maximum atomic E-state index is 11.8. The highest BCUT2D eigenvalue weighted by Gasteiger charge is 2.52. The molecule has 1 atom stereocenters. The van der Waals surface area contributed by atoms with Crippen LogP contribution in [0.4, 0.5) is 4.79 Å². The van der Waals surface area contributed by atoms with Crippen molar-refractivity contribution in [2.75, 3.05) is 0 Å². The molecule has 0 aromatic heterocycles. The molecule has 0 aromatic rings. The molecule has 3 N–H and O–H groups in total. The molecule has 1 amide bonds. The van der Waals surface area contributed by atoms with Crippen molar-refractivity contribution in [2.45, 2.75) is 76.5 Å². The van der Waals surface area contributed by atoms with Gasteiger partial charge < -0.3 is 15.8 Å². The van der Waals surface area contributed by atoms with Crippen LogP contribution in [0.15, 0.2) is 0 Å². The first-order chi connectivity index (χ1) is 8.32. The van der Waals surface area contributed by atoms with Crippen molar-refractivity contribution < 1.29 is 9.53 Å². The van der Waals surface area contributed by atoms with Crippen LogP contribution >= 0.6 is 0 Å². The Morgan fingerprint density at radius 1 is 1.33 bits per heavy atom. The van der Waals surface area contributed by atoms with Crippen LogP contribution in [0.5, 0.6) is 0 Å². The zero-order chi connectivity index (χ0) is 13.4. The number of hydrogen-bond acceptors (Lipinski definition) is 3. The molecular weight excluding hydrogens is 228 g/mol. The molecule has 0 saturated heterocycles. The summed E-state index contributed by atoms with van der Waals surface area (Å²) >= 11 is 0. The second-order valence-electron chi connectivity index (χ2n) is 6.85. The minimum absolute atomic E-state index is 0.0903. The molecule has 4 nitrogen and oxygen atoms in total. The monoisotopic (exact) mass is 254 g/mol. The van der Waals surface area contributed by atoms with Crippen molar-refractivity contribution in [1.29, 1.82) is 0 Å². The molecule has 4 heteroatoms. The van der Waals surface area contributed by atoms with Crippen molar-refractivity contribution in [3.63, 3.8) is 0 Å². The molecule has 2 aliphatic rings. The highest BCUT2D eigenvalue weighted by atomic mass is 16.6. The van der Waals surface area contributed by atoms with E-state index >= 15 is 0 Å². The number of rotatable bonds is 3. The lowest BCUT2D eigenvalue weighted by molar-refractivity contribution is 0.0479. The Labute approximate surface area is 110 Å². The van der Waals surface area contributed by atoms with Crippen molar-refractivity contribution in [2.24, 2.45) is 11.7 Å². The van der Waals surface area contributed by atoms with E-state index in [1.807, 2.05) is 20.8 Å². The quantitative estimate of drug-likeness (QED) is 0.813. The second-order valence-corrected chi connectivity index (χ2v) is 6.85. The van der Waals surface area contributed by atoms with Crippen LogP contribution in [0.2, 0.25) is 0 Å². The summed E-state index contributed by atoms with van der Waals surface area (Å²) < 4.78 is 5.32. The molecule has 0 spiro atoms. The van der Waals surface area contributed by atoms with E-state index in [0.717, 1.165) is 12.8 Å². The molecule has 2 rings (SSSR count). The van der Waals surface area contributed by atoms with Gasteiger partial charge in [-0.05, 0) is 52.4 Å². The Hall–Kier alpha value is -0.770. The Morgan fingerprint density at radius 2 is 1.89 bits per heavy atom. The normalized spacial score (nSPS) is 24.7. The zero-order valence-electron chi connectivity index (χ0n) is 11.8. The van der Waals surface area contributed by atoms with Crippen LogP contribution in [0.3, 0.4) is 0 Å². The molecule has 2 fully saturated rings. The predicted octanol–water partition coefficient (Wildman–Crippen LogP) is 2.56. The lowest BCUT2D eigenvalue weighted by atomic mass is 9.91. The van der Waals surface area contributed by atoms with Crippen LogP contribution in [-0.4, -0.2) is 23.3 Å². The van der Waals surface area contributed by atoms with E-state index in [1.165, 1.54) is 25.7 Å². The zero-order valence-corrected chi connectivity index (χ0v) is 11.8. The van der Waals surface area contributed by atoms with Gasteiger partial charge in [0.05, 0.1) is 5.54 Å². The molecule has 0 heterocycles. The summed E-state index contributed by atoms with van der Waals surface area (Å²) in [7, 11) is 0. The highest BCUT2D eigenvalue weighted by Crippen LogP contribution is 2.44. The van der Waals surface area contributed by atoms with Gasteiger partial charge in [0.25, 0.3) is 0 Å². The highest BCUT2D eigenvalue weighted by molar-refractivity contribution is 5.69. The van der Waals surface area contributed by atoms with Crippen LogP contribution in [0.25, 0.3) is 0 Å². The van der Waals surface area contributed by atoms with Gasteiger partial charge in [-0.15, -0.1) is 0 Å². The number of alkyl carbamates (subject to hydrolysis) is 1. The summed E-state index contributed by atoms with van der Waals surface area (Å²) in [6.07, 6.45) is 6.63. The fraction of sp³-hybridized carbons (Fsp3) is 0.929. The van der Waals surface area contributed by atoms with Gasteiger partial charge in [0.15, 0.2) is 0 Å². The number of nitrogens with one attached hydrogen (secondary N) is 1. The van der Waals surface area contributed by atoms with Gasteiger partial charge in [-0.2, -0.15) is 0 Å². The third kappa shape index (κ3) is 3.16. The lowest BCUT2D eigenvalue weighted by Crippen LogP contribution is -2.54. The number of amides is 1. The Balaban J connectivity index is 1.89. The average Bonchev–Trinajstić information content (AvgIpc) is 2.79. The Bertz CT molecular complexity index is 312. The third-order valence-corrected chi connectivity index (χ3v) is 4.08. The van der Waals surface area contributed by atoms with Gasteiger partial charge in [-0.1, -0.05) is 12.8 Å². The first kappa shape index (κ1) is 13.7. The summed E-state index contributed by atoms with van der Waals surface area (Å²) in [6, 6.07) is 0.0903. The lowest BCUT2D eigenvalue weighted by Gasteiger charge is -2.30. The summed E-state index contributed by atoms with van der Waals surface area (Å²) in [5, 5.41) is 3.01. The van der Waals surface area contributed by atoms with Crippen LogP contribution in [-0.2, 0) is 4.74 Å². The van der Waals surface area contributed by atoms with Crippen molar-refractivity contribution in [3.05, 3.63) is 0 Å². The minimum atomic E-state index is -0.447. The second kappa shape index (κ2) is 4.72. The molecule has 0 aliphatic heterocycles. The first-order valence-electron chi connectivity index (χ1n) is 7.09. The van der Waals surface area contributed by atoms with E-state index in [4.69, 9.17) is 10.5 Å². The van der Waals surface area contributed by atoms with Gasteiger partial charge in [-0.3, -0.25) is 0 Å². The van der Waals surface area contributed by atoms with Gasteiger partial charge >= 0.3 is 6.09 Å². The smallest absolute Gasteiger partial charge is 0.408 e. The van der Waals surface area contributed by atoms with E-state index in [0.29, 0.717) is 5.92 Å². The summed E-state index contributed by atoms with van der Waals surface area (Å²) in [6.45, 7) is 5.63. The van der Waals surface area contributed by atoms with Crippen LogP contribution in [0.1, 0.15) is 59.3 Å². The van der Waals surface area contributed by atoms with E-state index in [-0.39, 0.29) is 17.7 Å². The molecule has 1 unspecified atom stereocenters. The molecule has 0 aromatic carbocycles. The van der Waals surface area contributed by atoms with E-state index in [9.17, 15) is 4.79 Å². The molecular formula is C14H26N2O2. The molecule has 0 bridgehead atoms. The summed E-state index contributed by atoms with van der Waals surface area (Å²) in [4.78, 5) is 11.8. The average molecular weight is 254 g/mol. The largest absolute Gasteiger partial charge is 0.444 e. The predicted molar refractivity (Wildman–Crippen MR) is 71.3 cm³/mol. The van der Waals surface area contributed by atoms with Gasteiger partial charge in [0.2, 0.25) is 0 Å². The van der Waals surface area contributed by atoms with E-state index < -0.39 is 5.60 Å². The molecule has 2 aliphatic carbocycles.